The number of hydrogen-bond acceptors (Lipinski definition) is 7. The van der Waals surface area contributed by atoms with Crippen molar-refractivity contribution in [3.05, 3.63) is 64.7 Å². The molecule has 1 aromatic heterocycles. The molecule has 3 aromatic rings. The first-order valence-corrected chi connectivity index (χ1v) is 12.2. The number of benzene rings is 2. The molecule has 0 aliphatic heterocycles. The first-order valence-electron chi connectivity index (χ1n) is 11.4. The molecule has 3 N–H and O–H groups in total. The number of aromatic nitrogens is 2. The topological polar surface area (TPSA) is 90.5 Å². The zero-order chi connectivity index (χ0) is 25.3. The molecule has 1 heterocycles. The van der Waals surface area contributed by atoms with E-state index in [0.717, 1.165) is 42.2 Å². The summed E-state index contributed by atoms with van der Waals surface area (Å²) in [5.74, 6) is -0.212. The number of nitrogens with two attached hydrogens (primary N) is 1. The van der Waals surface area contributed by atoms with Crippen molar-refractivity contribution in [2.75, 3.05) is 19.8 Å². The number of aliphatic hydroxyl groups is 1. The van der Waals surface area contributed by atoms with E-state index < -0.39 is 17.3 Å². The van der Waals surface area contributed by atoms with E-state index in [1.165, 1.54) is 12.1 Å². The van der Waals surface area contributed by atoms with Gasteiger partial charge in [-0.2, -0.15) is 13.2 Å². The van der Waals surface area contributed by atoms with E-state index in [1.54, 1.807) is 6.92 Å². The Bertz CT molecular complexity index is 1060. The van der Waals surface area contributed by atoms with Gasteiger partial charge in [0.25, 0.3) is 0 Å². The van der Waals surface area contributed by atoms with Crippen LogP contribution in [0, 0.1) is 0 Å². The molecule has 35 heavy (non-hydrogen) atoms. The Kier molecular flexibility index (Phi) is 9.62. The van der Waals surface area contributed by atoms with Gasteiger partial charge < -0.3 is 20.3 Å². The monoisotopic (exact) mass is 509 g/mol. The maximum absolute atomic E-state index is 13.7. The van der Waals surface area contributed by atoms with Gasteiger partial charge in [-0.3, -0.25) is 0 Å². The van der Waals surface area contributed by atoms with Crippen LogP contribution in [0.25, 0.3) is 10.6 Å². The summed E-state index contributed by atoms with van der Waals surface area (Å²) in [6.07, 6.45) is -1.30. The smallest absolute Gasteiger partial charge is 0.419 e. The van der Waals surface area contributed by atoms with E-state index >= 15 is 0 Å². The minimum Gasteiger partial charge on any atom is -0.493 e. The van der Waals surface area contributed by atoms with Crippen LogP contribution in [0.15, 0.2) is 48.5 Å². The molecule has 1 atom stereocenters. The fourth-order valence-electron chi connectivity index (χ4n) is 3.25. The predicted molar refractivity (Wildman–Crippen MR) is 129 cm³/mol. The van der Waals surface area contributed by atoms with Gasteiger partial charge in [-0.05, 0) is 49.9 Å². The maximum atomic E-state index is 13.7. The predicted octanol–water partition coefficient (Wildman–Crippen LogP) is 5.55. The lowest BCUT2D eigenvalue weighted by atomic mass is 10.1. The number of hydrogen-bond donors (Lipinski definition) is 2. The Morgan fingerprint density at radius 1 is 0.971 bits per heavy atom. The molecule has 0 aliphatic carbocycles. The highest BCUT2D eigenvalue weighted by Gasteiger charge is 2.35. The summed E-state index contributed by atoms with van der Waals surface area (Å²) in [4.78, 5) is 0. The normalized spacial score (nSPS) is 13.5. The fraction of sp³-hybridized carbons (Fsp3) is 0.440. The first kappa shape index (κ1) is 27.1. The number of rotatable bonds is 13. The van der Waals surface area contributed by atoms with Gasteiger partial charge in [-0.15, -0.1) is 10.2 Å². The summed E-state index contributed by atoms with van der Waals surface area (Å²) in [6.45, 7) is 2.63. The van der Waals surface area contributed by atoms with Crippen molar-refractivity contribution in [1.82, 2.24) is 10.2 Å². The molecule has 0 saturated carbocycles. The summed E-state index contributed by atoms with van der Waals surface area (Å²) in [5.41, 5.74) is 5.36. The van der Waals surface area contributed by atoms with Crippen LogP contribution in [0.5, 0.6) is 5.75 Å². The summed E-state index contributed by atoms with van der Waals surface area (Å²) < 4.78 is 52.2. The molecule has 0 bridgehead atoms. The van der Waals surface area contributed by atoms with Gasteiger partial charge in [-0.1, -0.05) is 48.1 Å². The van der Waals surface area contributed by atoms with Gasteiger partial charge in [-0.25, -0.2) is 0 Å². The lowest BCUT2D eigenvalue weighted by Crippen LogP contribution is -2.36. The van der Waals surface area contributed by atoms with Crippen molar-refractivity contribution in [1.29, 1.82) is 0 Å². The van der Waals surface area contributed by atoms with Crippen molar-refractivity contribution < 1.29 is 27.8 Å². The zero-order valence-electron chi connectivity index (χ0n) is 19.6. The second-order valence-corrected chi connectivity index (χ2v) is 9.48. The van der Waals surface area contributed by atoms with Crippen LogP contribution in [0.1, 0.15) is 48.7 Å². The molecule has 10 heteroatoms. The molecule has 6 nitrogen and oxygen atoms in total. The molecule has 0 aliphatic rings. The second kappa shape index (κ2) is 12.4. The third kappa shape index (κ3) is 7.99. The highest BCUT2D eigenvalue weighted by atomic mass is 32.1. The van der Waals surface area contributed by atoms with Gasteiger partial charge in [0.05, 0.1) is 30.9 Å². The van der Waals surface area contributed by atoms with E-state index in [-0.39, 0.29) is 29.5 Å². The van der Waals surface area contributed by atoms with Gasteiger partial charge in [0.2, 0.25) is 0 Å². The molecule has 0 fully saturated rings. The van der Waals surface area contributed by atoms with E-state index in [1.807, 2.05) is 30.3 Å². The number of ether oxygens (including phenoxy) is 2. The van der Waals surface area contributed by atoms with Gasteiger partial charge in [0.1, 0.15) is 15.8 Å². The van der Waals surface area contributed by atoms with Gasteiger partial charge in [0, 0.05) is 12.2 Å². The molecule has 0 unspecified atom stereocenters. The SMILES string of the molecule is C[C@](N)(CO)c1nnc(-c2ccc(OCCCCCCOCc3ccccc3)c(C(F)(F)F)c2)s1. The van der Waals surface area contributed by atoms with Gasteiger partial charge in [0.15, 0.2) is 0 Å². The number of halogens is 3. The van der Waals surface area contributed by atoms with E-state index in [2.05, 4.69) is 10.2 Å². The molecule has 3 rings (SSSR count). The molecule has 0 spiro atoms. The summed E-state index contributed by atoms with van der Waals surface area (Å²) in [7, 11) is 0. The average Bonchev–Trinajstić information content (AvgIpc) is 3.34. The molecular weight excluding hydrogens is 479 g/mol. The van der Waals surface area contributed by atoms with E-state index in [9.17, 15) is 18.3 Å². The zero-order valence-corrected chi connectivity index (χ0v) is 20.4. The van der Waals surface area contributed by atoms with Crippen LogP contribution in [-0.4, -0.2) is 35.1 Å². The molecule has 2 aromatic carbocycles. The number of aliphatic hydroxyl groups excluding tert-OH is 1. The highest BCUT2D eigenvalue weighted by molar-refractivity contribution is 7.14. The molecular formula is C25H30F3N3O3S. The van der Waals surface area contributed by atoms with Crippen molar-refractivity contribution in [2.24, 2.45) is 5.73 Å². The van der Waals surface area contributed by atoms with Crippen LogP contribution >= 0.6 is 11.3 Å². The van der Waals surface area contributed by atoms with Crippen LogP contribution in [0.4, 0.5) is 13.2 Å². The maximum Gasteiger partial charge on any atom is 0.419 e. The Hall–Kier alpha value is -2.53. The third-order valence-corrected chi connectivity index (χ3v) is 6.58. The molecule has 0 saturated heterocycles. The Labute approximate surface area is 206 Å². The molecule has 0 radical (unpaired) electrons. The molecule has 190 valence electrons. The first-order chi connectivity index (χ1) is 16.7. The standard InChI is InChI=1S/C25H30F3N3O3S/c1-24(29,17-32)23-31-30-22(35-23)19-11-12-21(20(15-19)25(26,27)28)34-14-8-3-2-7-13-33-16-18-9-5-4-6-10-18/h4-6,9-12,15,32H,2-3,7-8,13-14,16-17,29H2,1H3/t24-/m0/s1. The van der Waals surface area contributed by atoms with Gasteiger partial charge >= 0.3 is 6.18 Å². The van der Waals surface area contributed by atoms with Crippen molar-refractivity contribution in [3.8, 4) is 16.3 Å². The van der Waals surface area contributed by atoms with Crippen LogP contribution in [-0.2, 0) is 23.1 Å². The lowest BCUT2D eigenvalue weighted by Gasteiger charge is -2.17. The van der Waals surface area contributed by atoms with E-state index in [4.69, 9.17) is 15.2 Å². The molecule has 0 amide bonds. The van der Waals surface area contributed by atoms with Crippen LogP contribution in [0.2, 0.25) is 0 Å². The average molecular weight is 510 g/mol. The quantitative estimate of drug-likeness (QED) is 0.294. The summed E-state index contributed by atoms with van der Waals surface area (Å²) in [6, 6.07) is 13.8. The number of unbranched alkanes of at least 4 members (excludes halogenated alkanes) is 3. The lowest BCUT2D eigenvalue weighted by molar-refractivity contribution is -0.138. The second-order valence-electron chi connectivity index (χ2n) is 8.50. The van der Waals surface area contributed by atoms with E-state index in [0.29, 0.717) is 24.6 Å². The van der Waals surface area contributed by atoms with Crippen molar-refractivity contribution >= 4 is 11.3 Å². The Morgan fingerprint density at radius 3 is 2.37 bits per heavy atom. The largest absolute Gasteiger partial charge is 0.493 e. The number of alkyl halides is 3. The summed E-state index contributed by atoms with van der Waals surface area (Å²) in [5, 5.41) is 17.9. The minimum atomic E-state index is -4.58. The third-order valence-electron chi connectivity index (χ3n) is 5.33. The highest BCUT2D eigenvalue weighted by Crippen LogP contribution is 2.39. The minimum absolute atomic E-state index is 0.193. The van der Waals surface area contributed by atoms with Crippen LogP contribution in [0.3, 0.4) is 0 Å². The fourth-order valence-corrected chi connectivity index (χ4v) is 4.14. The number of nitrogens with zero attached hydrogens (tertiary/aromatic N) is 2. The van der Waals surface area contributed by atoms with Crippen molar-refractivity contribution in [3.63, 3.8) is 0 Å². The Balaban J connectivity index is 1.48. The summed E-state index contributed by atoms with van der Waals surface area (Å²) >= 11 is 1.05. The Morgan fingerprint density at radius 2 is 1.69 bits per heavy atom. The van der Waals surface area contributed by atoms with Crippen molar-refractivity contribution in [2.45, 2.75) is 50.9 Å². The van der Waals surface area contributed by atoms with Crippen LogP contribution < -0.4 is 10.5 Å².